The average molecular weight is 345 g/mol. The van der Waals surface area contributed by atoms with Crippen LogP contribution in [-0.4, -0.2) is 47.6 Å². The summed E-state index contributed by atoms with van der Waals surface area (Å²) in [4.78, 5) is 23.2. The molecule has 0 aliphatic carbocycles. The Kier molecular flexibility index (Phi) is 6.99. The lowest BCUT2D eigenvalue weighted by atomic mass is 10.0. The first-order chi connectivity index (χ1) is 10.6. The highest BCUT2D eigenvalue weighted by Crippen LogP contribution is 2.25. The molecule has 0 fully saturated rings. The van der Waals surface area contributed by atoms with E-state index in [0.29, 0.717) is 10.4 Å². The zero-order chi connectivity index (χ0) is 17.6. The first-order valence-electron chi connectivity index (χ1n) is 7.13. The van der Waals surface area contributed by atoms with E-state index in [1.807, 2.05) is 0 Å². The lowest BCUT2D eigenvalue weighted by Crippen LogP contribution is -2.34. The molecule has 2 unspecified atom stereocenters. The third kappa shape index (κ3) is 6.55. The third-order valence-corrected chi connectivity index (χ3v) is 3.75. The van der Waals surface area contributed by atoms with E-state index in [9.17, 15) is 19.8 Å². The Morgan fingerprint density at radius 2 is 2.00 bits per heavy atom. The number of nitrogens with one attached hydrogen (secondary N) is 1. The monoisotopic (exact) mass is 345 g/mol. The molecule has 0 aromatic carbocycles. The van der Waals surface area contributed by atoms with Gasteiger partial charge in [-0.05, 0) is 44.2 Å². The number of methoxy groups -OCH3 is 1. The number of thiophene rings is 1. The maximum Gasteiger partial charge on any atom is 0.407 e. The molecule has 2 atom stereocenters. The van der Waals surface area contributed by atoms with Gasteiger partial charge in [0.2, 0.25) is 0 Å². The molecule has 3 N–H and O–H groups in total. The molecular formula is C15H23NO6S. The number of carbonyl (C=O) groups excluding carboxylic acids is 2. The molecule has 0 spiro atoms. The summed E-state index contributed by atoms with van der Waals surface area (Å²) in [5, 5.41) is 24.1. The third-order valence-electron chi connectivity index (χ3n) is 2.82. The van der Waals surface area contributed by atoms with Gasteiger partial charge in [-0.25, -0.2) is 9.59 Å². The molecule has 0 saturated carbocycles. The van der Waals surface area contributed by atoms with Crippen molar-refractivity contribution in [1.29, 1.82) is 0 Å². The van der Waals surface area contributed by atoms with E-state index >= 15 is 0 Å². The van der Waals surface area contributed by atoms with Gasteiger partial charge in [0.1, 0.15) is 16.6 Å². The van der Waals surface area contributed by atoms with Crippen LogP contribution in [0.4, 0.5) is 4.79 Å². The fourth-order valence-electron chi connectivity index (χ4n) is 1.73. The Labute approximate surface area is 139 Å². The number of alkyl carbamates (subject to hydrolysis) is 1. The highest BCUT2D eigenvalue weighted by Gasteiger charge is 2.22. The molecule has 23 heavy (non-hydrogen) atoms. The van der Waals surface area contributed by atoms with Crippen LogP contribution >= 0.6 is 11.3 Å². The molecule has 1 aromatic rings. The van der Waals surface area contributed by atoms with E-state index in [-0.39, 0.29) is 13.0 Å². The number of amides is 1. The molecule has 1 heterocycles. The predicted molar refractivity (Wildman–Crippen MR) is 85.5 cm³/mol. The molecule has 1 rings (SSSR count). The fourth-order valence-corrected chi connectivity index (χ4v) is 2.58. The smallest absolute Gasteiger partial charge is 0.407 e. The summed E-state index contributed by atoms with van der Waals surface area (Å²) >= 11 is 1.13. The quantitative estimate of drug-likeness (QED) is 0.680. The second kappa shape index (κ2) is 8.28. The molecule has 1 amide bonds. The molecule has 0 saturated heterocycles. The first kappa shape index (κ1) is 19.4. The van der Waals surface area contributed by atoms with E-state index in [1.165, 1.54) is 13.2 Å². The molecule has 0 aliphatic heterocycles. The lowest BCUT2D eigenvalue weighted by Gasteiger charge is -2.21. The Bertz CT molecular complexity index is 536. The number of rotatable bonds is 6. The lowest BCUT2D eigenvalue weighted by molar-refractivity contribution is 0.0125. The van der Waals surface area contributed by atoms with Gasteiger partial charge in [-0.1, -0.05) is 0 Å². The van der Waals surface area contributed by atoms with Crippen molar-refractivity contribution >= 4 is 23.4 Å². The van der Waals surface area contributed by atoms with Gasteiger partial charge in [0.25, 0.3) is 0 Å². The van der Waals surface area contributed by atoms with Crippen LogP contribution in [0.2, 0.25) is 0 Å². The van der Waals surface area contributed by atoms with E-state index in [0.717, 1.165) is 11.3 Å². The summed E-state index contributed by atoms with van der Waals surface area (Å²) in [5.74, 6) is -0.491. The molecule has 8 heteroatoms. The number of aliphatic hydroxyl groups excluding tert-OH is 2. The van der Waals surface area contributed by atoms with Crippen molar-refractivity contribution in [3.63, 3.8) is 0 Å². The van der Waals surface area contributed by atoms with Crippen molar-refractivity contribution in [2.45, 2.75) is 45.0 Å². The van der Waals surface area contributed by atoms with Crippen molar-refractivity contribution in [3.05, 3.63) is 21.9 Å². The average Bonchev–Trinajstić information content (AvgIpc) is 2.93. The molecule has 1 aromatic heterocycles. The van der Waals surface area contributed by atoms with Gasteiger partial charge in [0.15, 0.2) is 0 Å². The number of hydrogen-bond acceptors (Lipinski definition) is 7. The van der Waals surface area contributed by atoms with E-state index in [1.54, 1.807) is 26.2 Å². The first-order valence-corrected chi connectivity index (χ1v) is 8.01. The highest BCUT2D eigenvalue weighted by atomic mass is 32.1. The maximum absolute atomic E-state index is 11.5. The Morgan fingerprint density at radius 3 is 2.57 bits per heavy atom. The SMILES string of the molecule is COC(=O)c1cc(C(O)C(O)CCNC(=O)OC(C)(C)C)cs1. The van der Waals surface area contributed by atoms with Gasteiger partial charge in [-0.3, -0.25) is 0 Å². The number of ether oxygens (including phenoxy) is 2. The van der Waals surface area contributed by atoms with Crippen LogP contribution in [0.5, 0.6) is 0 Å². The van der Waals surface area contributed by atoms with Gasteiger partial charge in [-0.15, -0.1) is 11.3 Å². The number of aliphatic hydroxyl groups is 2. The predicted octanol–water partition coefficient (Wildman–Crippen LogP) is 1.84. The van der Waals surface area contributed by atoms with Crippen LogP contribution in [0.3, 0.4) is 0 Å². The van der Waals surface area contributed by atoms with Crippen LogP contribution in [0.15, 0.2) is 11.4 Å². The van der Waals surface area contributed by atoms with Crippen molar-refractivity contribution in [1.82, 2.24) is 5.32 Å². The van der Waals surface area contributed by atoms with Gasteiger partial charge in [-0.2, -0.15) is 0 Å². The summed E-state index contributed by atoms with van der Waals surface area (Å²) in [6.07, 6.45) is -2.66. The van der Waals surface area contributed by atoms with Crippen molar-refractivity contribution < 1.29 is 29.3 Å². The normalized spacial score (nSPS) is 14.0. The van der Waals surface area contributed by atoms with Crippen LogP contribution in [-0.2, 0) is 9.47 Å². The van der Waals surface area contributed by atoms with Crippen LogP contribution in [0.25, 0.3) is 0 Å². The second-order valence-corrected chi connectivity index (χ2v) is 6.88. The fraction of sp³-hybridized carbons (Fsp3) is 0.600. The topological polar surface area (TPSA) is 105 Å². The minimum absolute atomic E-state index is 0.143. The van der Waals surface area contributed by atoms with E-state index < -0.39 is 29.9 Å². The van der Waals surface area contributed by atoms with Crippen molar-refractivity contribution in [2.75, 3.05) is 13.7 Å². The van der Waals surface area contributed by atoms with Crippen LogP contribution in [0, 0.1) is 0 Å². The van der Waals surface area contributed by atoms with E-state index in [4.69, 9.17) is 4.74 Å². The summed E-state index contributed by atoms with van der Waals surface area (Å²) in [6, 6.07) is 1.48. The summed E-state index contributed by atoms with van der Waals surface area (Å²) < 4.78 is 9.65. The summed E-state index contributed by atoms with van der Waals surface area (Å²) in [6.45, 7) is 5.41. The van der Waals surface area contributed by atoms with Crippen molar-refractivity contribution in [3.8, 4) is 0 Å². The molecule has 0 aliphatic rings. The number of esters is 1. The Balaban J connectivity index is 2.45. The zero-order valence-corrected chi connectivity index (χ0v) is 14.5. The highest BCUT2D eigenvalue weighted by molar-refractivity contribution is 7.12. The Hall–Kier alpha value is -1.64. The summed E-state index contributed by atoms with van der Waals surface area (Å²) in [7, 11) is 1.27. The van der Waals surface area contributed by atoms with Crippen LogP contribution < -0.4 is 5.32 Å². The van der Waals surface area contributed by atoms with Gasteiger partial charge < -0.3 is 25.0 Å². The maximum atomic E-state index is 11.5. The van der Waals surface area contributed by atoms with Gasteiger partial charge in [0, 0.05) is 6.54 Å². The minimum Gasteiger partial charge on any atom is -0.465 e. The van der Waals surface area contributed by atoms with Crippen molar-refractivity contribution in [2.24, 2.45) is 0 Å². The second-order valence-electron chi connectivity index (χ2n) is 5.97. The number of hydrogen-bond donors (Lipinski definition) is 3. The van der Waals surface area contributed by atoms with Gasteiger partial charge >= 0.3 is 12.1 Å². The minimum atomic E-state index is -1.15. The van der Waals surface area contributed by atoms with E-state index in [2.05, 4.69) is 10.1 Å². The summed E-state index contributed by atoms with van der Waals surface area (Å²) in [5.41, 5.74) is -0.163. The molecule has 130 valence electrons. The largest absolute Gasteiger partial charge is 0.465 e. The van der Waals surface area contributed by atoms with Crippen LogP contribution in [0.1, 0.15) is 48.5 Å². The molecule has 0 radical (unpaired) electrons. The van der Waals surface area contributed by atoms with Gasteiger partial charge in [0.05, 0.1) is 13.2 Å². The Morgan fingerprint density at radius 1 is 1.35 bits per heavy atom. The molecular weight excluding hydrogens is 322 g/mol. The number of carbonyl (C=O) groups is 2. The molecule has 0 bridgehead atoms. The standard InChI is InChI=1S/C15H23NO6S/c1-15(2,3)22-14(20)16-6-5-10(17)12(18)9-7-11(23-8-9)13(19)21-4/h7-8,10,12,17-18H,5-6H2,1-4H3,(H,16,20). The molecule has 7 nitrogen and oxygen atoms in total. The zero-order valence-electron chi connectivity index (χ0n) is 13.7.